The minimum Gasteiger partial charge on any atom is -0.419 e. The molecule has 4 rings (SSSR count). The van der Waals surface area contributed by atoms with Crippen LogP contribution in [0.2, 0.25) is 5.02 Å². The first-order valence-electron chi connectivity index (χ1n) is 9.19. The third kappa shape index (κ3) is 3.81. The third-order valence-corrected chi connectivity index (χ3v) is 5.14. The van der Waals surface area contributed by atoms with E-state index in [9.17, 15) is 0 Å². The molecule has 1 saturated heterocycles. The number of hydrogen-bond acceptors (Lipinski definition) is 4. The van der Waals surface area contributed by atoms with Crippen LogP contribution >= 0.6 is 11.6 Å². The molecular weight excluding hydrogens is 346 g/mol. The smallest absolute Gasteiger partial charge is 0.247 e. The summed E-state index contributed by atoms with van der Waals surface area (Å²) in [6.45, 7) is 2.08. The molecule has 0 spiro atoms. The lowest BCUT2D eigenvalue weighted by molar-refractivity contribution is 0.206. The maximum atomic E-state index is 6.11. The molecule has 0 aliphatic carbocycles. The van der Waals surface area contributed by atoms with E-state index in [4.69, 9.17) is 16.0 Å². The predicted octanol–water partition coefficient (Wildman–Crippen LogP) is 5.36. The van der Waals surface area contributed by atoms with Crippen molar-refractivity contribution in [1.29, 1.82) is 0 Å². The average molecular weight is 368 g/mol. The first-order valence-corrected chi connectivity index (χ1v) is 9.57. The lowest BCUT2D eigenvalue weighted by atomic mass is 10.0. The summed E-state index contributed by atoms with van der Waals surface area (Å²) in [6, 6.07) is 17.8. The van der Waals surface area contributed by atoms with Crippen molar-refractivity contribution in [3.63, 3.8) is 0 Å². The molecule has 2 heterocycles. The zero-order valence-corrected chi connectivity index (χ0v) is 15.4. The fraction of sp³-hybridized carbons (Fsp3) is 0.333. The van der Waals surface area contributed by atoms with Gasteiger partial charge in [0, 0.05) is 10.6 Å². The Morgan fingerprint density at radius 2 is 1.54 bits per heavy atom. The number of hydrogen-bond donors (Lipinski definition) is 0. The Morgan fingerprint density at radius 3 is 2.23 bits per heavy atom. The first kappa shape index (κ1) is 17.3. The van der Waals surface area contributed by atoms with Gasteiger partial charge in [-0.25, -0.2) is 0 Å². The van der Waals surface area contributed by atoms with E-state index in [2.05, 4.69) is 27.2 Å². The van der Waals surface area contributed by atoms with Crippen molar-refractivity contribution in [2.45, 2.75) is 31.7 Å². The van der Waals surface area contributed by atoms with Gasteiger partial charge in [0.1, 0.15) is 6.04 Å². The van der Waals surface area contributed by atoms with Crippen molar-refractivity contribution < 1.29 is 4.42 Å². The summed E-state index contributed by atoms with van der Waals surface area (Å²) < 4.78 is 6.11. The van der Waals surface area contributed by atoms with Crippen molar-refractivity contribution >= 4 is 11.6 Å². The molecule has 1 atom stereocenters. The quantitative estimate of drug-likeness (QED) is 0.622. The molecule has 134 valence electrons. The Hall–Kier alpha value is -2.17. The lowest BCUT2D eigenvalue weighted by Crippen LogP contribution is -2.30. The monoisotopic (exact) mass is 367 g/mol. The fourth-order valence-electron chi connectivity index (χ4n) is 3.55. The zero-order chi connectivity index (χ0) is 17.8. The summed E-state index contributed by atoms with van der Waals surface area (Å²) in [5, 5.41) is 9.44. The van der Waals surface area contributed by atoms with E-state index in [1.54, 1.807) is 0 Å². The number of benzene rings is 2. The van der Waals surface area contributed by atoms with Gasteiger partial charge in [0.15, 0.2) is 0 Å². The molecule has 0 unspecified atom stereocenters. The number of aromatic nitrogens is 2. The minimum absolute atomic E-state index is 0.0321. The molecule has 1 aliphatic rings. The van der Waals surface area contributed by atoms with Crippen LogP contribution in [0.1, 0.15) is 43.2 Å². The largest absolute Gasteiger partial charge is 0.419 e. The van der Waals surface area contributed by atoms with Crippen LogP contribution in [-0.4, -0.2) is 28.2 Å². The highest BCUT2D eigenvalue weighted by Crippen LogP contribution is 2.32. The normalized spacial score (nSPS) is 17.0. The third-order valence-electron chi connectivity index (χ3n) is 4.89. The van der Waals surface area contributed by atoms with Crippen LogP contribution in [0.3, 0.4) is 0 Å². The average Bonchev–Trinajstić information content (AvgIpc) is 3.00. The maximum Gasteiger partial charge on any atom is 0.247 e. The molecule has 3 aromatic rings. The maximum absolute atomic E-state index is 6.11. The van der Waals surface area contributed by atoms with Gasteiger partial charge in [-0.1, -0.05) is 54.8 Å². The molecule has 1 aliphatic heterocycles. The van der Waals surface area contributed by atoms with Gasteiger partial charge >= 0.3 is 0 Å². The number of likely N-dealkylation sites (tertiary alicyclic amines) is 1. The second-order valence-corrected chi connectivity index (χ2v) is 7.15. The molecule has 26 heavy (non-hydrogen) atoms. The van der Waals surface area contributed by atoms with Crippen LogP contribution in [0.25, 0.3) is 11.5 Å². The minimum atomic E-state index is -0.0321. The highest BCUT2D eigenvalue weighted by Gasteiger charge is 2.28. The van der Waals surface area contributed by atoms with Gasteiger partial charge in [0.2, 0.25) is 11.8 Å². The Bertz CT molecular complexity index is 824. The second kappa shape index (κ2) is 8.02. The van der Waals surface area contributed by atoms with Crippen molar-refractivity contribution in [3.05, 3.63) is 71.1 Å². The Kier molecular flexibility index (Phi) is 5.32. The highest BCUT2D eigenvalue weighted by molar-refractivity contribution is 6.30. The first-order chi connectivity index (χ1) is 12.8. The van der Waals surface area contributed by atoms with Crippen molar-refractivity contribution in [2.24, 2.45) is 0 Å². The van der Waals surface area contributed by atoms with Crippen molar-refractivity contribution in [1.82, 2.24) is 15.1 Å². The number of rotatable bonds is 4. The zero-order valence-electron chi connectivity index (χ0n) is 14.6. The van der Waals surface area contributed by atoms with E-state index in [0.29, 0.717) is 11.8 Å². The molecule has 1 fully saturated rings. The number of nitrogens with zero attached hydrogens (tertiary/aromatic N) is 3. The van der Waals surface area contributed by atoms with Crippen LogP contribution in [0.5, 0.6) is 0 Å². The standard InChI is InChI=1S/C21H22ClN3O/c22-18-12-10-16(11-13-18)19(25-14-6-1-2-7-15-25)21-24-23-20(26-21)17-8-4-3-5-9-17/h3-5,8-13,19H,1-2,6-7,14-15H2/t19-/m1/s1. The Morgan fingerprint density at radius 1 is 0.846 bits per heavy atom. The molecule has 5 heteroatoms. The molecule has 0 radical (unpaired) electrons. The van der Waals surface area contributed by atoms with Crippen LogP contribution in [0.4, 0.5) is 0 Å². The Balaban J connectivity index is 1.70. The number of halogens is 1. The molecule has 1 aromatic heterocycles. The Labute approximate surface area is 158 Å². The molecule has 4 nitrogen and oxygen atoms in total. The van der Waals surface area contributed by atoms with Crippen LogP contribution in [0.15, 0.2) is 59.0 Å². The van der Waals surface area contributed by atoms with E-state index < -0.39 is 0 Å². The molecule has 2 aromatic carbocycles. The van der Waals surface area contributed by atoms with Crippen LogP contribution in [0, 0.1) is 0 Å². The van der Waals surface area contributed by atoms with Gasteiger partial charge in [-0.3, -0.25) is 4.90 Å². The lowest BCUT2D eigenvalue weighted by Gasteiger charge is -2.28. The summed E-state index contributed by atoms with van der Waals surface area (Å²) in [4.78, 5) is 2.46. The van der Waals surface area contributed by atoms with E-state index in [0.717, 1.165) is 29.2 Å². The summed E-state index contributed by atoms with van der Waals surface area (Å²) in [6.07, 6.45) is 4.96. The second-order valence-electron chi connectivity index (χ2n) is 6.72. The van der Waals surface area contributed by atoms with Crippen LogP contribution < -0.4 is 0 Å². The molecular formula is C21H22ClN3O. The van der Waals surface area contributed by atoms with E-state index in [1.807, 2.05) is 42.5 Å². The molecule has 0 saturated carbocycles. The summed E-state index contributed by atoms with van der Waals surface area (Å²) >= 11 is 6.09. The summed E-state index contributed by atoms with van der Waals surface area (Å²) in [5.74, 6) is 1.21. The molecule has 0 N–H and O–H groups in total. The topological polar surface area (TPSA) is 42.2 Å². The molecule has 0 bridgehead atoms. The van der Waals surface area contributed by atoms with E-state index in [-0.39, 0.29) is 6.04 Å². The van der Waals surface area contributed by atoms with Gasteiger partial charge in [0.25, 0.3) is 0 Å². The van der Waals surface area contributed by atoms with Gasteiger partial charge < -0.3 is 4.42 Å². The van der Waals surface area contributed by atoms with Gasteiger partial charge in [-0.2, -0.15) is 0 Å². The van der Waals surface area contributed by atoms with E-state index in [1.165, 1.54) is 25.7 Å². The fourth-order valence-corrected chi connectivity index (χ4v) is 3.68. The van der Waals surface area contributed by atoms with Crippen molar-refractivity contribution in [3.8, 4) is 11.5 Å². The van der Waals surface area contributed by atoms with Crippen molar-refractivity contribution in [2.75, 3.05) is 13.1 Å². The van der Waals surface area contributed by atoms with Crippen LogP contribution in [-0.2, 0) is 0 Å². The summed E-state index contributed by atoms with van der Waals surface area (Å²) in [7, 11) is 0. The highest BCUT2D eigenvalue weighted by atomic mass is 35.5. The van der Waals surface area contributed by atoms with Gasteiger partial charge in [-0.15, -0.1) is 10.2 Å². The van der Waals surface area contributed by atoms with Gasteiger partial charge in [0.05, 0.1) is 0 Å². The van der Waals surface area contributed by atoms with E-state index >= 15 is 0 Å². The SMILES string of the molecule is Clc1ccc([C@H](c2nnc(-c3ccccc3)o2)N2CCCCCC2)cc1. The predicted molar refractivity (Wildman–Crippen MR) is 103 cm³/mol. The summed E-state index contributed by atoms with van der Waals surface area (Å²) in [5.41, 5.74) is 2.08. The molecule has 0 amide bonds. The van der Waals surface area contributed by atoms with Gasteiger partial charge in [-0.05, 0) is 55.8 Å².